The molecule has 144 valence electrons. The minimum Gasteiger partial charge on any atom is -0.337 e. The van der Waals surface area contributed by atoms with Crippen LogP contribution in [0.3, 0.4) is 0 Å². The van der Waals surface area contributed by atoms with E-state index in [1.165, 1.54) is 17.0 Å². The van der Waals surface area contributed by atoms with Gasteiger partial charge in [0, 0.05) is 25.2 Å². The van der Waals surface area contributed by atoms with Crippen molar-refractivity contribution in [2.45, 2.75) is 37.2 Å². The summed E-state index contributed by atoms with van der Waals surface area (Å²) in [5, 5.41) is 0.872. The third-order valence-electron chi connectivity index (χ3n) is 4.40. The van der Waals surface area contributed by atoms with Crippen LogP contribution in [-0.4, -0.2) is 32.3 Å². The Morgan fingerprint density at radius 1 is 1.15 bits per heavy atom. The molecule has 0 unspecified atom stereocenters. The van der Waals surface area contributed by atoms with Crippen LogP contribution >= 0.6 is 23.2 Å². The predicted octanol–water partition coefficient (Wildman–Crippen LogP) is 4.01. The molecule has 1 aliphatic rings. The van der Waals surface area contributed by atoms with Crippen molar-refractivity contribution in [1.82, 2.24) is 9.62 Å². The molecule has 0 aromatic heterocycles. The number of amides is 1. The van der Waals surface area contributed by atoms with E-state index in [0.717, 1.165) is 18.4 Å². The lowest BCUT2D eigenvalue weighted by Gasteiger charge is -2.19. The summed E-state index contributed by atoms with van der Waals surface area (Å²) in [6.07, 6.45) is 1.70. The normalized spacial score (nSPS) is 14.2. The van der Waals surface area contributed by atoms with Gasteiger partial charge in [-0.1, -0.05) is 35.3 Å². The zero-order valence-corrected chi connectivity index (χ0v) is 17.3. The molecule has 1 N–H and O–H groups in total. The van der Waals surface area contributed by atoms with Gasteiger partial charge in [-0.05, 0) is 55.2 Å². The zero-order valence-electron chi connectivity index (χ0n) is 15.0. The molecule has 1 saturated carbocycles. The molecule has 0 bridgehead atoms. The van der Waals surface area contributed by atoms with Gasteiger partial charge in [-0.15, -0.1) is 0 Å². The minimum atomic E-state index is -3.62. The fourth-order valence-corrected chi connectivity index (χ4v) is 4.33. The lowest BCUT2D eigenvalue weighted by molar-refractivity contribution is 0.0784. The number of carbonyl (C=O) groups excluding carboxylic acids is 1. The van der Waals surface area contributed by atoms with Crippen molar-refractivity contribution in [2.24, 2.45) is 0 Å². The Bertz CT molecular complexity index is 988. The fourth-order valence-electron chi connectivity index (χ4n) is 2.68. The van der Waals surface area contributed by atoms with Gasteiger partial charge in [-0.2, -0.15) is 0 Å². The van der Waals surface area contributed by atoms with Crippen LogP contribution < -0.4 is 4.72 Å². The molecule has 0 spiro atoms. The molecule has 1 fully saturated rings. The molecular weight excluding hydrogens is 407 g/mol. The first-order valence-electron chi connectivity index (χ1n) is 8.50. The summed E-state index contributed by atoms with van der Waals surface area (Å²) in [6, 6.07) is 9.81. The maximum Gasteiger partial charge on any atom is 0.254 e. The van der Waals surface area contributed by atoms with E-state index in [-0.39, 0.29) is 16.8 Å². The lowest BCUT2D eigenvalue weighted by atomic mass is 10.1. The smallest absolute Gasteiger partial charge is 0.254 e. The Morgan fingerprint density at radius 2 is 1.85 bits per heavy atom. The van der Waals surface area contributed by atoms with Gasteiger partial charge in [0.15, 0.2) is 0 Å². The Morgan fingerprint density at radius 3 is 2.48 bits per heavy atom. The van der Waals surface area contributed by atoms with Gasteiger partial charge in [0.2, 0.25) is 10.0 Å². The summed E-state index contributed by atoms with van der Waals surface area (Å²) in [5.74, 6) is -0.262. The summed E-state index contributed by atoms with van der Waals surface area (Å²) >= 11 is 11.9. The number of hydrogen-bond donors (Lipinski definition) is 1. The Balaban J connectivity index is 1.82. The molecule has 2 aromatic rings. The van der Waals surface area contributed by atoms with Crippen LogP contribution in [0.25, 0.3) is 0 Å². The first kappa shape index (κ1) is 20.1. The molecule has 2 aromatic carbocycles. The van der Waals surface area contributed by atoms with Crippen LogP contribution in [0.15, 0.2) is 41.3 Å². The molecule has 0 radical (unpaired) electrons. The van der Waals surface area contributed by atoms with Crippen molar-refractivity contribution >= 4 is 39.1 Å². The number of sulfonamides is 1. The van der Waals surface area contributed by atoms with E-state index in [9.17, 15) is 13.2 Å². The SMILES string of the molecule is Cc1ccc(S(=O)(=O)NC2CC2)cc1C(=O)N(C)Cc1ccc(Cl)c(Cl)c1. The maximum absolute atomic E-state index is 12.9. The lowest BCUT2D eigenvalue weighted by Crippen LogP contribution is -2.28. The van der Waals surface area contributed by atoms with Gasteiger partial charge in [-0.3, -0.25) is 4.79 Å². The van der Waals surface area contributed by atoms with Gasteiger partial charge >= 0.3 is 0 Å². The van der Waals surface area contributed by atoms with Crippen molar-refractivity contribution in [3.8, 4) is 0 Å². The second kappa shape index (κ2) is 7.80. The van der Waals surface area contributed by atoms with Crippen LogP contribution in [0.1, 0.15) is 34.3 Å². The summed E-state index contributed by atoms with van der Waals surface area (Å²) in [5.41, 5.74) is 1.90. The topological polar surface area (TPSA) is 66.5 Å². The van der Waals surface area contributed by atoms with E-state index in [2.05, 4.69) is 4.72 Å². The van der Waals surface area contributed by atoms with Crippen molar-refractivity contribution in [3.63, 3.8) is 0 Å². The highest BCUT2D eigenvalue weighted by Gasteiger charge is 2.28. The molecule has 27 heavy (non-hydrogen) atoms. The average molecular weight is 427 g/mol. The Hall–Kier alpha value is -1.60. The molecule has 1 amide bonds. The molecule has 0 aliphatic heterocycles. The molecule has 0 saturated heterocycles. The van der Waals surface area contributed by atoms with Crippen LogP contribution in [0.4, 0.5) is 0 Å². The number of carbonyl (C=O) groups is 1. The molecule has 0 atom stereocenters. The van der Waals surface area contributed by atoms with E-state index in [1.807, 2.05) is 0 Å². The zero-order chi connectivity index (χ0) is 19.8. The van der Waals surface area contributed by atoms with Crippen molar-refractivity contribution in [3.05, 3.63) is 63.1 Å². The quantitative estimate of drug-likeness (QED) is 0.758. The minimum absolute atomic E-state index is 0.00721. The highest BCUT2D eigenvalue weighted by atomic mass is 35.5. The summed E-state index contributed by atoms with van der Waals surface area (Å²) < 4.78 is 27.5. The van der Waals surface area contributed by atoms with Gasteiger partial charge in [0.25, 0.3) is 5.91 Å². The van der Waals surface area contributed by atoms with Crippen LogP contribution in [-0.2, 0) is 16.6 Å². The van der Waals surface area contributed by atoms with Gasteiger partial charge in [0.05, 0.1) is 14.9 Å². The molecule has 5 nitrogen and oxygen atoms in total. The molecule has 1 aliphatic carbocycles. The summed E-state index contributed by atoms with van der Waals surface area (Å²) in [4.78, 5) is 14.5. The monoisotopic (exact) mass is 426 g/mol. The van der Waals surface area contributed by atoms with E-state index < -0.39 is 10.0 Å². The number of nitrogens with zero attached hydrogens (tertiary/aromatic N) is 1. The maximum atomic E-state index is 12.9. The van der Waals surface area contributed by atoms with Crippen molar-refractivity contribution < 1.29 is 13.2 Å². The number of nitrogens with one attached hydrogen (secondary N) is 1. The van der Waals surface area contributed by atoms with Crippen molar-refractivity contribution in [1.29, 1.82) is 0 Å². The van der Waals surface area contributed by atoms with Crippen LogP contribution in [0.2, 0.25) is 10.0 Å². The standard InChI is InChI=1S/C19H20Cl2N2O3S/c1-12-3-7-15(27(25,26)22-14-5-6-14)10-16(12)19(24)23(2)11-13-4-8-17(20)18(21)9-13/h3-4,7-10,14,22H,5-6,11H2,1-2H3. The second-order valence-electron chi connectivity index (χ2n) is 6.78. The first-order valence-corrected chi connectivity index (χ1v) is 10.7. The number of benzene rings is 2. The van der Waals surface area contributed by atoms with Crippen LogP contribution in [0.5, 0.6) is 0 Å². The number of halogens is 2. The number of rotatable bonds is 6. The highest BCUT2D eigenvalue weighted by molar-refractivity contribution is 7.89. The molecule has 0 heterocycles. The Kier molecular flexibility index (Phi) is 5.82. The molecule has 3 rings (SSSR count). The fraction of sp³-hybridized carbons (Fsp3) is 0.316. The Labute approximate surface area is 169 Å². The van der Waals surface area contributed by atoms with Gasteiger partial charge < -0.3 is 4.90 Å². The van der Waals surface area contributed by atoms with E-state index in [0.29, 0.717) is 27.7 Å². The summed E-state index contributed by atoms with van der Waals surface area (Å²) in [7, 11) is -1.96. The van der Waals surface area contributed by atoms with Gasteiger partial charge in [0.1, 0.15) is 0 Å². The van der Waals surface area contributed by atoms with Crippen molar-refractivity contribution in [2.75, 3.05) is 7.05 Å². The first-order chi connectivity index (χ1) is 12.7. The third-order valence-corrected chi connectivity index (χ3v) is 6.66. The third kappa shape index (κ3) is 4.82. The van der Waals surface area contributed by atoms with E-state index in [1.54, 1.807) is 38.2 Å². The van der Waals surface area contributed by atoms with E-state index >= 15 is 0 Å². The average Bonchev–Trinajstić information content (AvgIpc) is 3.41. The van der Waals surface area contributed by atoms with E-state index in [4.69, 9.17) is 23.2 Å². The molecule has 8 heteroatoms. The number of aryl methyl sites for hydroxylation is 1. The largest absolute Gasteiger partial charge is 0.337 e. The van der Waals surface area contributed by atoms with Gasteiger partial charge in [-0.25, -0.2) is 13.1 Å². The predicted molar refractivity (Wildman–Crippen MR) is 107 cm³/mol. The highest BCUT2D eigenvalue weighted by Crippen LogP contribution is 2.25. The summed E-state index contributed by atoms with van der Waals surface area (Å²) in [6.45, 7) is 2.11. The number of hydrogen-bond acceptors (Lipinski definition) is 3. The second-order valence-corrected chi connectivity index (χ2v) is 9.31. The molecular formula is C19H20Cl2N2O3S. The van der Waals surface area contributed by atoms with Crippen LogP contribution in [0, 0.1) is 6.92 Å².